The third-order valence-corrected chi connectivity index (χ3v) is 4.51. The maximum absolute atomic E-state index is 5.22. The van der Waals surface area contributed by atoms with E-state index in [-0.39, 0.29) is 0 Å². The number of hydrogen-bond acceptors (Lipinski definition) is 2. The second-order valence-electron chi connectivity index (χ2n) is 5.74. The Morgan fingerprint density at radius 3 is 2.67 bits per heavy atom. The fourth-order valence-corrected chi connectivity index (χ4v) is 3.18. The Labute approximate surface area is 111 Å². The summed E-state index contributed by atoms with van der Waals surface area (Å²) in [5.41, 5.74) is 1.87. The van der Waals surface area contributed by atoms with Crippen LogP contribution in [0.5, 0.6) is 5.75 Å². The van der Waals surface area contributed by atoms with Gasteiger partial charge in [0.2, 0.25) is 0 Å². The molecule has 0 bridgehead atoms. The topological polar surface area (TPSA) is 21.3 Å². The van der Waals surface area contributed by atoms with E-state index in [1.165, 1.54) is 31.4 Å². The van der Waals surface area contributed by atoms with Gasteiger partial charge in [-0.05, 0) is 55.0 Å². The maximum atomic E-state index is 5.22. The van der Waals surface area contributed by atoms with Crippen molar-refractivity contribution in [1.29, 1.82) is 0 Å². The van der Waals surface area contributed by atoms with E-state index < -0.39 is 0 Å². The van der Waals surface area contributed by atoms with Gasteiger partial charge in [0.25, 0.3) is 0 Å². The van der Waals surface area contributed by atoms with E-state index in [1.807, 2.05) is 0 Å². The van der Waals surface area contributed by atoms with Gasteiger partial charge in [-0.3, -0.25) is 0 Å². The lowest BCUT2D eigenvalue weighted by molar-refractivity contribution is 0.125. The van der Waals surface area contributed by atoms with Gasteiger partial charge in [-0.25, -0.2) is 0 Å². The molecule has 1 aromatic carbocycles. The molecule has 0 radical (unpaired) electrons. The molecule has 18 heavy (non-hydrogen) atoms. The van der Waals surface area contributed by atoms with Crippen molar-refractivity contribution in [1.82, 2.24) is 5.32 Å². The van der Waals surface area contributed by atoms with Crippen molar-refractivity contribution in [2.45, 2.75) is 33.1 Å². The predicted molar refractivity (Wildman–Crippen MR) is 76.1 cm³/mol. The molecule has 0 saturated carbocycles. The average Bonchev–Trinajstić information content (AvgIpc) is 2.40. The lowest BCUT2D eigenvalue weighted by Gasteiger charge is -2.42. The first-order valence-corrected chi connectivity index (χ1v) is 7.01. The molecule has 1 aliphatic rings. The van der Waals surface area contributed by atoms with Crippen molar-refractivity contribution >= 4 is 0 Å². The van der Waals surface area contributed by atoms with E-state index in [2.05, 4.69) is 43.4 Å². The first kappa shape index (κ1) is 13.4. The quantitative estimate of drug-likeness (QED) is 0.881. The Bertz CT molecular complexity index is 373. The van der Waals surface area contributed by atoms with Gasteiger partial charge < -0.3 is 10.1 Å². The Morgan fingerprint density at radius 2 is 2.06 bits per heavy atom. The van der Waals surface area contributed by atoms with E-state index in [4.69, 9.17) is 4.74 Å². The summed E-state index contributed by atoms with van der Waals surface area (Å²) in [6, 6.07) is 8.55. The zero-order chi connectivity index (χ0) is 13.0. The zero-order valence-corrected chi connectivity index (χ0v) is 11.8. The molecule has 0 aromatic heterocycles. The monoisotopic (exact) mass is 247 g/mol. The number of nitrogens with one attached hydrogen (secondary N) is 1. The molecule has 100 valence electrons. The molecular formula is C16H25NO. The second-order valence-corrected chi connectivity index (χ2v) is 5.74. The van der Waals surface area contributed by atoms with Crippen LogP contribution in [0.15, 0.2) is 24.3 Å². The number of ether oxygens (including phenoxy) is 1. The van der Waals surface area contributed by atoms with Crippen LogP contribution in [0.4, 0.5) is 0 Å². The van der Waals surface area contributed by atoms with Crippen LogP contribution in [0.3, 0.4) is 0 Å². The van der Waals surface area contributed by atoms with Crippen molar-refractivity contribution in [3.8, 4) is 5.75 Å². The first-order chi connectivity index (χ1) is 8.68. The normalized spacial score (nSPS) is 28.1. The Morgan fingerprint density at radius 1 is 1.33 bits per heavy atom. The molecule has 1 N–H and O–H groups in total. The van der Waals surface area contributed by atoms with Crippen LogP contribution in [0, 0.1) is 11.3 Å². The first-order valence-electron chi connectivity index (χ1n) is 7.01. The van der Waals surface area contributed by atoms with Gasteiger partial charge in [0, 0.05) is 0 Å². The minimum atomic E-state index is 0.439. The lowest BCUT2D eigenvalue weighted by atomic mass is 9.67. The van der Waals surface area contributed by atoms with Crippen LogP contribution in [-0.2, 0) is 6.42 Å². The van der Waals surface area contributed by atoms with E-state index in [1.54, 1.807) is 7.11 Å². The molecule has 1 saturated heterocycles. The summed E-state index contributed by atoms with van der Waals surface area (Å²) >= 11 is 0. The summed E-state index contributed by atoms with van der Waals surface area (Å²) < 4.78 is 5.22. The summed E-state index contributed by atoms with van der Waals surface area (Å²) in [6.45, 7) is 7.09. The van der Waals surface area contributed by atoms with Crippen molar-refractivity contribution in [2.75, 3.05) is 20.2 Å². The highest BCUT2D eigenvalue weighted by atomic mass is 16.5. The van der Waals surface area contributed by atoms with Gasteiger partial charge in [0.1, 0.15) is 5.75 Å². The minimum absolute atomic E-state index is 0.439. The van der Waals surface area contributed by atoms with E-state index in [9.17, 15) is 0 Å². The number of hydrogen-bond donors (Lipinski definition) is 1. The molecule has 2 rings (SSSR count). The van der Waals surface area contributed by atoms with Crippen LogP contribution >= 0.6 is 0 Å². The molecule has 2 unspecified atom stereocenters. The summed E-state index contributed by atoms with van der Waals surface area (Å²) in [7, 11) is 1.72. The SMILES string of the molecule is CCC1CNCCC1(C)Cc1ccc(OC)cc1. The van der Waals surface area contributed by atoms with Gasteiger partial charge in [0.05, 0.1) is 7.11 Å². The standard InChI is InChI=1S/C16H25NO/c1-4-14-12-17-10-9-16(14,2)11-13-5-7-15(18-3)8-6-13/h5-8,14,17H,4,9-12H2,1-3H3. The van der Waals surface area contributed by atoms with Crippen molar-refractivity contribution < 1.29 is 4.74 Å². The predicted octanol–water partition coefficient (Wildman–Crippen LogP) is 3.26. The van der Waals surface area contributed by atoms with Gasteiger partial charge in [-0.1, -0.05) is 32.4 Å². The molecule has 1 aromatic rings. The van der Waals surface area contributed by atoms with Crippen LogP contribution in [0.1, 0.15) is 32.3 Å². The highest BCUT2D eigenvalue weighted by molar-refractivity contribution is 5.28. The smallest absolute Gasteiger partial charge is 0.118 e. The number of rotatable bonds is 4. The molecule has 1 fully saturated rings. The molecule has 1 heterocycles. The van der Waals surface area contributed by atoms with Crippen LogP contribution < -0.4 is 10.1 Å². The van der Waals surface area contributed by atoms with Crippen LogP contribution in [-0.4, -0.2) is 20.2 Å². The average molecular weight is 247 g/mol. The van der Waals surface area contributed by atoms with Gasteiger partial charge in [-0.15, -0.1) is 0 Å². The highest BCUT2D eigenvalue weighted by Crippen LogP contribution is 2.38. The molecule has 0 aliphatic carbocycles. The fraction of sp³-hybridized carbons (Fsp3) is 0.625. The van der Waals surface area contributed by atoms with Crippen molar-refractivity contribution in [3.05, 3.63) is 29.8 Å². The largest absolute Gasteiger partial charge is 0.497 e. The molecule has 1 aliphatic heterocycles. The van der Waals surface area contributed by atoms with E-state index in [0.29, 0.717) is 5.41 Å². The second kappa shape index (κ2) is 5.75. The van der Waals surface area contributed by atoms with Crippen molar-refractivity contribution in [2.24, 2.45) is 11.3 Å². The molecular weight excluding hydrogens is 222 g/mol. The highest BCUT2D eigenvalue weighted by Gasteiger charge is 2.35. The van der Waals surface area contributed by atoms with Gasteiger partial charge in [0.15, 0.2) is 0 Å². The van der Waals surface area contributed by atoms with Gasteiger partial charge in [-0.2, -0.15) is 0 Å². The third kappa shape index (κ3) is 2.86. The minimum Gasteiger partial charge on any atom is -0.497 e. The third-order valence-electron chi connectivity index (χ3n) is 4.51. The zero-order valence-electron chi connectivity index (χ0n) is 11.8. The molecule has 2 heteroatoms. The van der Waals surface area contributed by atoms with Crippen LogP contribution in [0.25, 0.3) is 0 Å². The molecule has 2 nitrogen and oxygen atoms in total. The van der Waals surface area contributed by atoms with E-state index >= 15 is 0 Å². The lowest BCUT2D eigenvalue weighted by Crippen LogP contribution is -2.44. The summed E-state index contributed by atoms with van der Waals surface area (Å²) in [5, 5.41) is 3.52. The number of benzene rings is 1. The number of methoxy groups -OCH3 is 1. The molecule has 2 atom stereocenters. The van der Waals surface area contributed by atoms with Gasteiger partial charge >= 0.3 is 0 Å². The molecule has 0 spiro atoms. The maximum Gasteiger partial charge on any atom is 0.118 e. The van der Waals surface area contributed by atoms with E-state index in [0.717, 1.165) is 18.2 Å². The molecule has 0 amide bonds. The fourth-order valence-electron chi connectivity index (χ4n) is 3.18. The number of piperidine rings is 1. The Kier molecular flexibility index (Phi) is 4.28. The summed E-state index contributed by atoms with van der Waals surface area (Å²) in [5.74, 6) is 1.73. The Hall–Kier alpha value is -1.02. The van der Waals surface area contributed by atoms with Crippen molar-refractivity contribution in [3.63, 3.8) is 0 Å². The Balaban J connectivity index is 2.09. The summed E-state index contributed by atoms with van der Waals surface area (Å²) in [4.78, 5) is 0. The van der Waals surface area contributed by atoms with Crippen LogP contribution in [0.2, 0.25) is 0 Å². The summed E-state index contributed by atoms with van der Waals surface area (Å²) in [6.07, 6.45) is 3.72.